The van der Waals surface area contributed by atoms with Gasteiger partial charge in [-0.1, -0.05) is 19.4 Å². The molecule has 0 bridgehead atoms. The van der Waals surface area contributed by atoms with E-state index in [0.717, 1.165) is 25.7 Å². The normalized spacial score (nSPS) is 26.3. The van der Waals surface area contributed by atoms with Gasteiger partial charge >= 0.3 is 5.97 Å². The predicted molar refractivity (Wildman–Crippen MR) is 54.2 cm³/mol. The Morgan fingerprint density at radius 2 is 2.07 bits per heavy atom. The number of carboxylic acid groups (broad SMARTS) is 1. The molecule has 0 spiro atoms. The van der Waals surface area contributed by atoms with Gasteiger partial charge in [0.1, 0.15) is 0 Å². The monoisotopic (exact) mass is 198 g/mol. The first kappa shape index (κ1) is 11.2. The van der Waals surface area contributed by atoms with Crippen LogP contribution in [-0.4, -0.2) is 23.3 Å². The van der Waals surface area contributed by atoms with Crippen molar-refractivity contribution in [1.82, 2.24) is 0 Å². The van der Waals surface area contributed by atoms with Crippen molar-refractivity contribution in [3.05, 3.63) is 11.6 Å². The quantitative estimate of drug-likeness (QED) is 0.526. The molecule has 1 aliphatic rings. The summed E-state index contributed by atoms with van der Waals surface area (Å²) in [5.41, 5.74) is 0.428. The Morgan fingerprint density at radius 3 is 2.64 bits per heavy atom. The fraction of sp³-hybridized carbons (Fsp3) is 0.727. The number of hydrogen-bond donors (Lipinski definition) is 1. The zero-order valence-corrected chi connectivity index (χ0v) is 8.82. The summed E-state index contributed by atoms with van der Waals surface area (Å²) in [6, 6.07) is 0. The smallest absolute Gasteiger partial charge is 0.330 e. The molecule has 2 atom stereocenters. The van der Waals surface area contributed by atoms with Gasteiger partial charge in [0.2, 0.25) is 0 Å². The SMILES string of the molecule is CCCC1OC1CCC=C(C)C(=O)O. The molecule has 1 saturated heterocycles. The number of aliphatic carboxylic acids is 1. The lowest BCUT2D eigenvalue weighted by atomic mass is 10.1. The molecule has 0 aromatic rings. The zero-order valence-electron chi connectivity index (χ0n) is 8.82. The number of rotatable bonds is 6. The second-order valence-electron chi connectivity index (χ2n) is 3.77. The average Bonchev–Trinajstić information content (AvgIpc) is 2.84. The summed E-state index contributed by atoms with van der Waals surface area (Å²) in [5.74, 6) is -0.827. The first-order chi connectivity index (χ1) is 6.65. The van der Waals surface area contributed by atoms with Crippen molar-refractivity contribution < 1.29 is 14.6 Å². The van der Waals surface area contributed by atoms with Crippen LogP contribution in [0.4, 0.5) is 0 Å². The minimum atomic E-state index is -0.827. The molecule has 1 fully saturated rings. The van der Waals surface area contributed by atoms with Gasteiger partial charge in [-0.3, -0.25) is 0 Å². The van der Waals surface area contributed by atoms with E-state index in [-0.39, 0.29) is 0 Å². The second-order valence-corrected chi connectivity index (χ2v) is 3.77. The largest absolute Gasteiger partial charge is 0.478 e. The molecular weight excluding hydrogens is 180 g/mol. The Kier molecular flexibility index (Phi) is 4.14. The summed E-state index contributed by atoms with van der Waals surface area (Å²) < 4.78 is 5.42. The molecule has 2 unspecified atom stereocenters. The Balaban J connectivity index is 2.11. The molecule has 0 aliphatic carbocycles. The average molecular weight is 198 g/mol. The first-order valence-corrected chi connectivity index (χ1v) is 5.20. The lowest BCUT2D eigenvalue weighted by Crippen LogP contribution is -1.97. The van der Waals surface area contributed by atoms with Gasteiger partial charge in [-0.2, -0.15) is 0 Å². The fourth-order valence-electron chi connectivity index (χ4n) is 1.52. The highest BCUT2D eigenvalue weighted by atomic mass is 16.6. The van der Waals surface area contributed by atoms with Crippen LogP contribution >= 0.6 is 0 Å². The predicted octanol–water partition coefficient (Wildman–Crippen LogP) is 2.37. The Bertz CT molecular complexity index is 233. The molecule has 14 heavy (non-hydrogen) atoms. The molecule has 3 heteroatoms. The van der Waals surface area contributed by atoms with Crippen molar-refractivity contribution in [2.45, 2.75) is 51.7 Å². The van der Waals surface area contributed by atoms with Gasteiger partial charge in [-0.15, -0.1) is 0 Å². The molecule has 0 amide bonds. The highest BCUT2D eigenvalue weighted by Crippen LogP contribution is 2.30. The Morgan fingerprint density at radius 1 is 1.43 bits per heavy atom. The summed E-state index contributed by atoms with van der Waals surface area (Å²) in [5, 5.41) is 8.60. The maximum atomic E-state index is 10.5. The van der Waals surface area contributed by atoms with Crippen LogP contribution in [0.2, 0.25) is 0 Å². The molecule has 0 aromatic carbocycles. The molecule has 80 valence electrons. The summed E-state index contributed by atoms with van der Waals surface area (Å²) in [6.07, 6.45) is 6.65. The van der Waals surface area contributed by atoms with Crippen molar-refractivity contribution in [3.8, 4) is 0 Å². The number of carbonyl (C=O) groups is 1. The highest BCUT2D eigenvalue weighted by Gasteiger charge is 2.36. The molecule has 0 aromatic heterocycles. The van der Waals surface area contributed by atoms with Crippen molar-refractivity contribution in [2.75, 3.05) is 0 Å². The van der Waals surface area contributed by atoms with E-state index in [2.05, 4.69) is 6.92 Å². The van der Waals surface area contributed by atoms with E-state index in [1.54, 1.807) is 13.0 Å². The van der Waals surface area contributed by atoms with E-state index in [0.29, 0.717) is 17.8 Å². The minimum absolute atomic E-state index is 0.382. The number of allylic oxidation sites excluding steroid dienone is 1. The molecule has 3 nitrogen and oxygen atoms in total. The molecule has 1 aliphatic heterocycles. The standard InChI is InChI=1S/C11H18O3/c1-3-5-9-10(14-9)7-4-6-8(2)11(12)13/h6,9-10H,3-5,7H2,1-2H3,(H,12,13). The molecular formula is C11H18O3. The highest BCUT2D eigenvalue weighted by molar-refractivity contribution is 5.85. The van der Waals surface area contributed by atoms with Crippen molar-refractivity contribution >= 4 is 5.97 Å². The van der Waals surface area contributed by atoms with Gasteiger partial charge in [0, 0.05) is 5.57 Å². The number of epoxide rings is 1. The zero-order chi connectivity index (χ0) is 10.6. The van der Waals surface area contributed by atoms with Crippen LogP contribution in [-0.2, 0) is 9.53 Å². The van der Waals surface area contributed by atoms with Crippen molar-refractivity contribution in [2.24, 2.45) is 0 Å². The van der Waals surface area contributed by atoms with Gasteiger partial charge in [0.25, 0.3) is 0 Å². The van der Waals surface area contributed by atoms with Crippen LogP contribution in [0, 0.1) is 0 Å². The summed E-state index contributed by atoms with van der Waals surface area (Å²) >= 11 is 0. The van der Waals surface area contributed by atoms with Crippen LogP contribution in [0.5, 0.6) is 0 Å². The third kappa shape index (κ3) is 3.50. The van der Waals surface area contributed by atoms with E-state index in [1.807, 2.05) is 0 Å². The molecule has 1 heterocycles. The molecule has 0 radical (unpaired) electrons. The molecule has 1 N–H and O–H groups in total. The fourth-order valence-corrected chi connectivity index (χ4v) is 1.52. The third-order valence-corrected chi connectivity index (χ3v) is 2.50. The van der Waals surface area contributed by atoms with Gasteiger partial charge in [-0.25, -0.2) is 4.79 Å². The van der Waals surface area contributed by atoms with Gasteiger partial charge in [0.15, 0.2) is 0 Å². The third-order valence-electron chi connectivity index (χ3n) is 2.50. The van der Waals surface area contributed by atoms with E-state index < -0.39 is 5.97 Å². The van der Waals surface area contributed by atoms with Gasteiger partial charge in [0.05, 0.1) is 12.2 Å². The van der Waals surface area contributed by atoms with E-state index in [9.17, 15) is 4.79 Å². The lowest BCUT2D eigenvalue weighted by Gasteiger charge is -1.93. The van der Waals surface area contributed by atoms with Crippen LogP contribution in [0.1, 0.15) is 39.5 Å². The van der Waals surface area contributed by atoms with Gasteiger partial charge < -0.3 is 9.84 Å². The summed E-state index contributed by atoms with van der Waals surface area (Å²) in [6.45, 7) is 3.77. The van der Waals surface area contributed by atoms with Crippen LogP contribution in [0.3, 0.4) is 0 Å². The van der Waals surface area contributed by atoms with E-state index in [1.165, 1.54) is 0 Å². The number of ether oxygens (including phenoxy) is 1. The van der Waals surface area contributed by atoms with Crippen molar-refractivity contribution in [1.29, 1.82) is 0 Å². The van der Waals surface area contributed by atoms with Gasteiger partial charge in [-0.05, 0) is 26.2 Å². The van der Waals surface area contributed by atoms with Crippen LogP contribution in [0.25, 0.3) is 0 Å². The Hall–Kier alpha value is -0.830. The maximum Gasteiger partial charge on any atom is 0.330 e. The molecule has 0 saturated carbocycles. The van der Waals surface area contributed by atoms with E-state index in [4.69, 9.17) is 9.84 Å². The number of carboxylic acids is 1. The second kappa shape index (κ2) is 5.15. The van der Waals surface area contributed by atoms with Crippen LogP contribution < -0.4 is 0 Å². The van der Waals surface area contributed by atoms with Crippen molar-refractivity contribution in [3.63, 3.8) is 0 Å². The summed E-state index contributed by atoms with van der Waals surface area (Å²) in [4.78, 5) is 10.5. The number of hydrogen-bond acceptors (Lipinski definition) is 2. The summed E-state index contributed by atoms with van der Waals surface area (Å²) in [7, 11) is 0. The van der Waals surface area contributed by atoms with Crippen LogP contribution in [0.15, 0.2) is 11.6 Å². The molecule has 1 rings (SSSR count). The maximum absolute atomic E-state index is 10.5. The Labute approximate surface area is 84.8 Å². The van der Waals surface area contributed by atoms with E-state index >= 15 is 0 Å². The lowest BCUT2D eigenvalue weighted by molar-refractivity contribution is -0.132. The first-order valence-electron chi connectivity index (χ1n) is 5.20. The topological polar surface area (TPSA) is 49.8 Å². The minimum Gasteiger partial charge on any atom is -0.478 e.